The van der Waals surface area contributed by atoms with Crippen molar-refractivity contribution in [1.29, 1.82) is 0 Å². The zero-order valence-corrected chi connectivity index (χ0v) is 14.6. The van der Waals surface area contributed by atoms with Crippen LogP contribution in [0.3, 0.4) is 0 Å². The Kier molecular flexibility index (Phi) is 4.20. The quantitative estimate of drug-likeness (QED) is 0.871. The van der Waals surface area contributed by atoms with Crippen LogP contribution in [-0.2, 0) is 11.8 Å². The summed E-state index contributed by atoms with van der Waals surface area (Å²) in [7, 11) is 1.87. The van der Waals surface area contributed by atoms with Crippen LogP contribution in [0.4, 0.5) is 10.6 Å². The number of aromatic nitrogens is 4. The van der Waals surface area contributed by atoms with Crippen molar-refractivity contribution in [2.24, 2.45) is 13.0 Å². The predicted molar refractivity (Wildman–Crippen MR) is 92.1 cm³/mol. The molecular formula is C17H24N6O2. The van der Waals surface area contributed by atoms with Gasteiger partial charge in [0, 0.05) is 31.5 Å². The fourth-order valence-corrected chi connectivity index (χ4v) is 3.49. The summed E-state index contributed by atoms with van der Waals surface area (Å²) in [5.74, 6) is 1.40. The van der Waals surface area contributed by atoms with E-state index >= 15 is 0 Å². The van der Waals surface area contributed by atoms with Crippen LogP contribution in [0, 0.1) is 5.92 Å². The van der Waals surface area contributed by atoms with Crippen LogP contribution in [0.5, 0.6) is 0 Å². The Hall–Kier alpha value is -2.35. The number of amides is 2. The molecule has 0 radical (unpaired) electrons. The van der Waals surface area contributed by atoms with Crippen LogP contribution in [0.15, 0.2) is 24.7 Å². The molecule has 1 saturated heterocycles. The molecule has 3 atom stereocenters. The van der Waals surface area contributed by atoms with Crippen LogP contribution in [-0.4, -0.2) is 38.2 Å². The molecule has 4 rings (SSSR count). The minimum Gasteiger partial charge on any atom is -0.371 e. The molecule has 2 aromatic rings. The third-order valence-corrected chi connectivity index (χ3v) is 5.06. The molecule has 0 aromatic carbocycles. The molecule has 2 aromatic heterocycles. The molecule has 1 saturated carbocycles. The fourth-order valence-electron chi connectivity index (χ4n) is 3.49. The topological polar surface area (TPSA) is 86.0 Å². The number of anilines is 1. The summed E-state index contributed by atoms with van der Waals surface area (Å²) in [6.07, 6.45) is 8.53. The number of carbonyl (C=O) groups is 1. The summed E-state index contributed by atoms with van der Waals surface area (Å²) in [5.41, 5.74) is 0.984. The smallest absolute Gasteiger partial charge is 0.320 e. The largest absolute Gasteiger partial charge is 0.371 e. The van der Waals surface area contributed by atoms with E-state index in [1.807, 2.05) is 24.0 Å². The van der Waals surface area contributed by atoms with E-state index in [1.165, 1.54) is 12.8 Å². The maximum atomic E-state index is 12.5. The molecule has 25 heavy (non-hydrogen) atoms. The number of aryl methyl sites for hydroxylation is 1. The maximum absolute atomic E-state index is 12.5. The van der Waals surface area contributed by atoms with Crippen LogP contribution in [0.1, 0.15) is 43.9 Å². The summed E-state index contributed by atoms with van der Waals surface area (Å²) in [6, 6.07) is 1.85. The van der Waals surface area contributed by atoms with E-state index in [4.69, 9.17) is 4.74 Å². The Bertz CT molecular complexity index is 750. The number of ether oxygens (including phenoxy) is 1. The number of hydrogen-bond donors (Lipinski definition) is 2. The normalized spacial score (nSPS) is 24.2. The van der Waals surface area contributed by atoms with Crippen molar-refractivity contribution < 1.29 is 9.53 Å². The average Bonchev–Trinajstić information content (AvgIpc) is 2.94. The van der Waals surface area contributed by atoms with Crippen molar-refractivity contribution in [3.05, 3.63) is 30.2 Å². The van der Waals surface area contributed by atoms with Gasteiger partial charge in [0.05, 0.1) is 24.5 Å². The first kappa shape index (κ1) is 16.1. The van der Waals surface area contributed by atoms with E-state index in [9.17, 15) is 4.79 Å². The van der Waals surface area contributed by atoms with Crippen molar-refractivity contribution in [2.45, 2.75) is 44.4 Å². The van der Waals surface area contributed by atoms with E-state index in [-0.39, 0.29) is 18.2 Å². The molecule has 2 amide bonds. The zero-order chi connectivity index (χ0) is 17.4. The standard InChI is InChI=1S/C17H24N6O2/c1-11(12-3-4-12)23-15(5-7-18-23)21-17(24)20-14-6-8-25-16(14)13-9-19-22(2)10-13/h5,7,9-12,14,16H,3-4,6,8H2,1-2H3,(H2,20,21,24)/t11-,14+,16-/m1/s1. The Balaban J connectivity index is 1.40. The second-order valence-corrected chi connectivity index (χ2v) is 6.97. The van der Waals surface area contributed by atoms with Gasteiger partial charge >= 0.3 is 6.03 Å². The highest BCUT2D eigenvalue weighted by molar-refractivity contribution is 5.88. The highest BCUT2D eigenvalue weighted by Gasteiger charge is 2.33. The Morgan fingerprint density at radius 3 is 2.92 bits per heavy atom. The Morgan fingerprint density at radius 1 is 1.36 bits per heavy atom. The molecule has 1 aliphatic carbocycles. The van der Waals surface area contributed by atoms with Crippen molar-refractivity contribution in [2.75, 3.05) is 11.9 Å². The fraction of sp³-hybridized carbons (Fsp3) is 0.588. The van der Waals surface area contributed by atoms with Gasteiger partial charge in [-0.1, -0.05) is 0 Å². The second kappa shape index (κ2) is 6.51. The number of hydrogen-bond acceptors (Lipinski definition) is 4. The van der Waals surface area contributed by atoms with E-state index in [1.54, 1.807) is 17.1 Å². The molecule has 0 bridgehead atoms. The minimum atomic E-state index is -0.228. The Morgan fingerprint density at radius 2 is 2.20 bits per heavy atom. The highest BCUT2D eigenvalue weighted by atomic mass is 16.5. The lowest BCUT2D eigenvalue weighted by Crippen LogP contribution is -2.40. The van der Waals surface area contributed by atoms with Crippen LogP contribution in [0.2, 0.25) is 0 Å². The SMILES string of the molecule is C[C@H](C1CC1)n1nccc1NC(=O)N[C@H]1CCO[C@@H]1c1cnn(C)c1. The number of nitrogens with one attached hydrogen (secondary N) is 2. The van der Waals surface area contributed by atoms with Crippen LogP contribution >= 0.6 is 0 Å². The van der Waals surface area contributed by atoms with Gasteiger partial charge in [-0.2, -0.15) is 10.2 Å². The summed E-state index contributed by atoms with van der Waals surface area (Å²) in [5, 5.41) is 14.5. The zero-order valence-electron chi connectivity index (χ0n) is 14.6. The number of urea groups is 1. The minimum absolute atomic E-state index is 0.0681. The van der Waals surface area contributed by atoms with Crippen molar-refractivity contribution in [1.82, 2.24) is 24.9 Å². The highest BCUT2D eigenvalue weighted by Crippen LogP contribution is 2.40. The maximum Gasteiger partial charge on any atom is 0.320 e. The molecule has 8 heteroatoms. The van der Waals surface area contributed by atoms with E-state index < -0.39 is 0 Å². The summed E-state index contributed by atoms with van der Waals surface area (Å²) >= 11 is 0. The Labute approximate surface area is 146 Å². The first-order chi connectivity index (χ1) is 12.1. The molecule has 0 spiro atoms. The van der Waals surface area contributed by atoms with E-state index in [0.717, 1.165) is 17.8 Å². The lowest BCUT2D eigenvalue weighted by Gasteiger charge is -2.20. The molecule has 1 aliphatic heterocycles. The molecule has 0 unspecified atom stereocenters. The lowest BCUT2D eigenvalue weighted by atomic mass is 10.1. The van der Waals surface area contributed by atoms with Gasteiger partial charge in [-0.3, -0.25) is 10.00 Å². The van der Waals surface area contributed by atoms with Gasteiger partial charge in [0.1, 0.15) is 11.9 Å². The van der Waals surface area contributed by atoms with Gasteiger partial charge in [0.25, 0.3) is 0 Å². The molecule has 134 valence electrons. The summed E-state index contributed by atoms with van der Waals surface area (Å²) in [6.45, 7) is 2.78. The van der Waals surface area contributed by atoms with Gasteiger partial charge in [-0.25, -0.2) is 9.48 Å². The summed E-state index contributed by atoms with van der Waals surface area (Å²) in [4.78, 5) is 12.5. The van der Waals surface area contributed by atoms with Crippen LogP contribution < -0.4 is 10.6 Å². The van der Waals surface area contributed by atoms with E-state index in [2.05, 4.69) is 27.8 Å². The molecule has 2 aliphatic rings. The number of rotatable bonds is 5. The van der Waals surface area contributed by atoms with E-state index in [0.29, 0.717) is 18.6 Å². The lowest BCUT2D eigenvalue weighted by molar-refractivity contribution is 0.100. The second-order valence-electron chi connectivity index (χ2n) is 6.97. The number of carbonyl (C=O) groups excluding carboxylic acids is 1. The van der Waals surface area contributed by atoms with Gasteiger partial charge in [-0.15, -0.1) is 0 Å². The monoisotopic (exact) mass is 344 g/mol. The number of nitrogens with zero attached hydrogens (tertiary/aromatic N) is 4. The van der Waals surface area contributed by atoms with Gasteiger partial charge < -0.3 is 10.1 Å². The van der Waals surface area contributed by atoms with Gasteiger partial charge in [0.15, 0.2) is 0 Å². The van der Waals surface area contributed by atoms with Crippen LogP contribution in [0.25, 0.3) is 0 Å². The molecule has 2 N–H and O–H groups in total. The average molecular weight is 344 g/mol. The first-order valence-corrected chi connectivity index (χ1v) is 8.83. The third-order valence-electron chi connectivity index (χ3n) is 5.06. The summed E-state index contributed by atoms with van der Waals surface area (Å²) < 4.78 is 9.44. The first-order valence-electron chi connectivity index (χ1n) is 8.83. The molecular weight excluding hydrogens is 320 g/mol. The van der Waals surface area contributed by atoms with Crippen molar-refractivity contribution >= 4 is 11.8 Å². The third kappa shape index (κ3) is 3.39. The van der Waals surface area contributed by atoms with Gasteiger partial charge in [0.2, 0.25) is 0 Å². The predicted octanol–water partition coefficient (Wildman–Crippen LogP) is 2.24. The molecule has 3 heterocycles. The van der Waals surface area contributed by atoms with Crippen molar-refractivity contribution in [3.8, 4) is 0 Å². The molecule has 2 fully saturated rings. The molecule has 8 nitrogen and oxygen atoms in total. The van der Waals surface area contributed by atoms with Crippen molar-refractivity contribution in [3.63, 3.8) is 0 Å². The van der Waals surface area contributed by atoms with Gasteiger partial charge in [-0.05, 0) is 32.1 Å².